The maximum Gasteiger partial charge on any atom is 0.342 e. The lowest BCUT2D eigenvalue weighted by Crippen LogP contribution is -2.05. The second-order valence-corrected chi connectivity index (χ2v) is 5.39. The van der Waals surface area contributed by atoms with Crippen LogP contribution >= 0.6 is 31.9 Å². The van der Waals surface area contributed by atoms with E-state index in [1.807, 2.05) is 24.3 Å². The van der Waals surface area contributed by atoms with Crippen LogP contribution in [0.15, 0.2) is 33.2 Å². The minimum Gasteiger partial charge on any atom is -0.495 e. The van der Waals surface area contributed by atoms with Crippen molar-refractivity contribution in [3.8, 4) is 5.75 Å². The fourth-order valence-electron chi connectivity index (χ4n) is 1.83. The summed E-state index contributed by atoms with van der Waals surface area (Å²) in [6, 6.07) is 7.58. The number of hydrogen-bond acceptors (Lipinski definition) is 3. The maximum atomic E-state index is 11.9. The van der Waals surface area contributed by atoms with Crippen molar-refractivity contribution in [1.29, 1.82) is 0 Å². The molecule has 0 bridgehead atoms. The monoisotopic (exact) mass is 372 g/mol. The van der Waals surface area contributed by atoms with Gasteiger partial charge in [-0.3, -0.25) is 0 Å². The number of fused-ring (bicyclic) bond motifs is 1. The van der Waals surface area contributed by atoms with Gasteiger partial charge in [-0.05, 0) is 39.5 Å². The molecule has 0 fully saturated rings. The van der Waals surface area contributed by atoms with Crippen LogP contribution in [0.1, 0.15) is 10.4 Å². The van der Waals surface area contributed by atoms with E-state index in [-0.39, 0.29) is 0 Å². The van der Waals surface area contributed by atoms with Crippen molar-refractivity contribution in [2.24, 2.45) is 0 Å². The topological polar surface area (TPSA) is 35.5 Å². The first kappa shape index (κ1) is 13.4. The van der Waals surface area contributed by atoms with Crippen LogP contribution in [0.25, 0.3) is 10.8 Å². The van der Waals surface area contributed by atoms with Gasteiger partial charge in [0.2, 0.25) is 0 Å². The molecule has 2 aromatic rings. The third-order valence-corrected chi connectivity index (χ3v) is 3.69. The molecular weight excluding hydrogens is 364 g/mol. The molecule has 0 saturated heterocycles. The highest BCUT2D eigenvalue weighted by Crippen LogP contribution is 2.37. The normalized spacial score (nSPS) is 10.4. The van der Waals surface area contributed by atoms with Crippen LogP contribution in [-0.4, -0.2) is 20.2 Å². The summed E-state index contributed by atoms with van der Waals surface area (Å²) in [5.74, 6) is 0.0668. The Morgan fingerprint density at radius 3 is 2.50 bits per heavy atom. The van der Waals surface area contributed by atoms with Gasteiger partial charge in [-0.25, -0.2) is 4.79 Å². The van der Waals surface area contributed by atoms with E-state index in [1.165, 1.54) is 14.2 Å². The Balaban J connectivity index is 2.87. The van der Waals surface area contributed by atoms with Gasteiger partial charge in [0.25, 0.3) is 0 Å². The molecule has 0 aliphatic heterocycles. The van der Waals surface area contributed by atoms with E-state index in [0.717, 1.165) is 19.7 Å². The van der Waals surface area contributed by atoms with Crippen molar-refractivity contribution in [2.75, 3.05) is 14.2 Å². The summed E-state index contributed by atoms with van der Waals surface area (Å²) < 4.78 is 11.8. The molecule has 18 heavy (non-hydrogen) atoms. The number of esters is 1. The predicted molar refractivity (Wildman–Crippen MR) is 77.2 cm³/mol. The molecule has 0 aromatic heterocycles. The molecule has 5 heteroatoms. The lowest BCUT2D eigenvalue weighted by atomic mass is 10.0. The van der Waals surface area contributed by atoms with Gasteiger partial charge in [-0.15, -0.1) is 0 Å². The quantitative estimate of drug-likeness (QED) is 0.741. The van der Waals surface area contributed by atoms with E-state index in [4.69, 9.17) is 9.47 Å². The fraction of sp³-hybridized carbons (Fsp3) is 0.154. The number of benzene rings is 2. The maximum absolute atomic E-state index is 11.9. The fourth-order valence-corrected chi connectivity index (χ4v) is 2.81. The first-order valence-corrected chi connectivity index (χ1v) is 6.71. The molecule has 94 valence electrons. The van der Waals surface area contributed by atoms with Crippen LogP contribution in [0, 0.1) is 0 Å². The molecule has 3 nitrogen and oxygen atoms in total. The van der Waals surface area contributed by atoms with Crippen molar-refractivity contribution in [3.63, 3.8) is 0 Å². The molecule has 0 aliphatic rings. The number of halogens is 2. The van der Waals surface area contributed by atoms with Crippen molar-refractivity contribution >= 4 is 48.6 Å². The third kappa shape index (κ3) is 2.24. The van der Waals surface area contributed by atoms with Crippen LogP contribution in [0.5, 0.6) is 5.75 Å². The number of methoxy groups -OCH3 is 2. The SMILES string of the molecule is COC(=O)c1c(OC)c(Br)cc2cc(Br)ccc12. The summed E-state index contributed by atoms with van der Waals surface area (Å²) in [6.07, 6.45) is 0. The van der Waals surface area contributed by atoms with Crippen LogP contribution in [0.4, 0.5) is 0 Å². The highest BCUT2D eigenvalue weighted by Gasteiger charge is 2.20. The first-order valence-electron chi connectivity index (χ1n) is 5.12. The molecule has 0 amide bonds. The summed E-state index contributed by atoms with van der Waals surface area (Å²) in [6.45, 7) is 0. The van der Waals surface area contributed by atoms with Gasteiger partial charge >= 0.3 is 5.97 Å². The summed E-state index contributed by atoms with van der Waals surface area (Å²) in [5, 5.41) is 1.72. The van der Waals surface area contributed by atoms with Gasteiger partial charge in [0.15, 0.2) is 0 Å². The lowest BCUT2D eigenvalue weighted by Gasteiger charge is -2.12. The standard InChI is InChI=1S/C13H10Br2O3/c1-17-12-10(15)6-7-5-8(14)3-4-9(7)11(12)13(16)18-2/h3-6H,1-2H3. The average molecular weight is 374 g/mol. The van der Waals surface area contributed by atoms with Crippen molar-refractivity contribution in [3.05, 3.63) is 38.8 Å². The molecule has 2 aromatic carbocycles. The number of carbonyl (C=O) groups is 1. The second kappa shape index (κ2) is 5.28. The zero-order chi connectivity index (χ0) is 13.3. The minimum absolute atomic E-state index is 0.416. The Morgan fingerprint density at radius 1 is 1.17 bits per heavy atom. The summed E-state index contributed by atoms with van der Waals surface area (Å²) in [7, 11) is 2.88. The minimum atomic E-state index is -0.416. The summed E-state index contributed by atoms with van der Waals surface area (Å²) in [4.78, 5) is 11.9. The van der Waals surface area contributed by atoms with Crippen molar-refractivity contribution < 1.29 is 14.3 Å². The number of ether oxygens (including phenoxy) is 2. The first-order chi connectivity index (χ1) is 8.58. The third-order valence-electron chi connectivity index (χ3n) is 2.60. The molecular formula is C13H10Br2O3. The zero-order valence-corrected chi connectivity index (χ0v) is 13.0. The lowest BCUT2D eigenvalue weighted by molar-refractivity contribution is 0.0599. The highest BCUT2D eigenvalue weighted by molar-refractivity contribution is 9.10. The van der Waals surface area contributed by atoms with Crippen molar-refractivity contribution in [1.82, 2.24) is 0 Å². The largest absolute Gasteiger partial charge is 0.495 e. The molecule has 0 N–H and O–H groups in total. The number of hydrogen-bond donors (Lipinski definition) is 0. The van der Waals surface area contributed by atoms with E-state index in [1.54, 1.807) is 0 Å². The Kier molecular flexibility index (Phi) is 3.92. The van der Waals surface area contributed by atoms with E-state index in [2.05, 4.69) is 31.9 Å². The molecule has 0 radical (unpaired) electrons. The predicted octanol–water partition coefficient (Wildman–Crippen LogP) is 4.16. The molecule has 0 heterocycles. The Labute approximate surface area is 121 Å². The Morgan fingerprint density at radius 2 is 1.89 bits per heavy atom. The van der Waals surface area contributed by atoms with Crippen LogP contribution in [-0.2, 0) is 4.74 Å². The van der Waals surface area contributed by atoms with E-state index in [9.17, 15) is 4.79 Å². The average Bonchev–Trinajstić information content (AvgIpc) is 2.35. The smallest absolute Gasteiger partial charge is 0.342 e. The highest BCUT2D eigenvalue weighted by atomic mass is 79.9. The van der Waals surface area contributed by atoms with E-state index < -0.39 is 5.97 Å². The number of carbonyl (C=O) groups excluding carboxylic acids is 1. The van der Waals surface area contributed by atoms with Crippen LogP contribution in [0.2, 0.25) is 0 Å². The van der Waals surface area contributed by atoms with Gasteiger partial charge < -0.3 is 9.47 Å². The van der Waals surface area contributed by atoms with Crippen molar-refractivity contribution in [2.45, 2.75) is 0 Å². The summed E-state index contributed by atoms with van der Waals surface area (Å²) >= 11 is 6.81. The summed E-state index contributed by atoms with van der Waals surface area (Å²) in [5.41, 5.74) is 0.428. The second-order valence-electron chi connectivity index (χ2n) is 3.62. The van der Waals surface area contributed by atoms with E-state index >= 15 is 0 Å². The number of rotatable bonds is 2. The van der Waals surface area contributed by atoms with Gasteiger partial charge in [0, 0.05) is 9.86 Å². The van der Waals surface area contributed by atoms with Crippen LogP contribution in [0.3, 0.4) is 0 Å². The van der Waals surface area contributed by atoms with Crippen LogP contribution < -0.4 is 4.74 Å². The molecule has 0 saturated carbocycles. The molecule has 0 unspecified atom stereocenters. The molecule has 2 rings (SSSR count). The van der Waals surface area contributed by atoms with Gasteiger partial charge in [-0.2, -0.15) is 0 Å². The van der Waals surface area contributed by atoms with E-state index in [0.29, 0.717) is 11.3 Å². The Bertz CT molecular complexity index is 623. The van der Waals surface area contributed by atoms with Gasteiger partial charge in [-0.1, -0.05) is 22.0 Å². The molecule has 0 spiro atoms. The zero-order valence-electron chi connectivity index (χ0n) is 9.79. The Hall–Kier alpha value is -1.07. The molecule has 0 aliphatic carbocycles. The molecule has 0 atom stereocenters. The van der Waals surface area contributed by atoms with Gasteiger partial charge in [0.05, 0.1) is 18.7 Å². The van der Waals surface area contributed by atoms with Gasteiger partial charge in [0.1, 0.15) is 11.3 Å².